The number of benzene rings is 1. The van der Waals surface area contributed by atoms with E-state index in [0.29, 0.717) is 24.9 Å². The van der Waals surface area contributed by atoms with Crippen LogP contribution in [-0.4, -0.2) is 49.4 Å². The highest BCUT2D eigenvalue weighted by Crippen LogP contribution is 2.31. The zero-order valence-corrected chi connectivity index (χ0v) is 15.5. The Kier molecular flexibility index (Phi) is 7.11. The van der Waals surface area contributed by atoms with E-state index in [0.717, 1.165) is 38.1 Å². The van der Waals surface area contributed by atoms with E-state index in [9.17, 15) is 22.8 Å². The minimum atomic E-state index is -4.62. The number of rotatable bonds is 3. The summed E-state index contributed by atoms with van der Waals surface area (Å²) in [6, 6.07) is 4.57. The summed E-state index contributed by atoms with van der Waals surface area (Å²) >= 11 is 0. The SMILES string of the molecule is Cl.O=C(NCC(=O)N1CC[C@@H]2CNC[C@@H]2CC1)c1ccccc1C(F)(F)F. The van der Waals surface area contributed by atoms with Crippen molar-refractivity contribution >= 4 is 24.2 Å². The molecule has 1 aromatic carbocycles. The van der Waals surface area contributed by atoms with Crippen LogP contribution in [0.25, 0.3) is 0 Å². The van der Waals surface area contributed by atoms with Crippen LogP contribution in [0.4, 0.5) is 13.2 Å². The quantitative estimate of drug-likeness (QED) is 0.811. The third kappa shape index (κ3) is 5.13. The van der Waals surface area contributed by atoms with Gasteiger partial charge < -0.3 is 15.5 Å². The van der Waals surface area contributed by atoms with Gasteiger partial charge in [-0.1, -0.05) is 12.1 Å². The topological polar surface area (TPSA) is 61.4 Å². The second-order valence-corrected chi connectivity index (χ2v) is 6.86. The number of amides is 2. The molecule has 0 saturated carbocycles. The van der Waals surface area contributed by atoms with E-state index >= 15 is 0 Å². The number of hydrogen-bond donors (Lipinski definition) is 2. The molecule has 2 saturated heterocycles. The fraction of sp³-hybridized carbons (Fsp3) is 0.556. The number of likely N-dealkylation sites (tertiary alicyclic amines) is 1. The van der Waals surface area contributed by atoms with Gasteiger partial charge in [-0.3, -0.25) is 9.59 Å². The van der Waals surface area contributed by atoms with E-state index in [-0.39, 0.29) is 24.9 Å². The summed E-state index contributed by atoms with van der Waals surface area (Å²) in [5.74, 6) is 0.0000428. The molecule has 1 aromatic rings. The number of hydrogen-bond acceptors (Lipinski definition) is 3. The largest absolute Gasteiger partial charge is 0.417 e. The maximum Gasteiger partial charge on any atom is 0.417 e. The molecule has 2 aliphatic rings. The molecule has 2 heterocycles. The van der Waals surface area contributed by atoms with Crippen LogP contribution in [0.15, 0.2) is 24.3 Å². The van der Waals surface area contributed by atoms with Crippen molar-refractivity contribution in [1.29, 1.82) is 0 Å². The Bertz CT molecular complexity index is 670. The van der Waals surface area contributed by atoms with Crippen LogP contribution in [0.5, 0.6) is 0 Å². The molecule has 2 N–H and O–H groups in total. The van der Waals surface area contributed by atoms with Crippen LogP contribution >= 0.6 is 12.4 Å². The minimum Gasteiger partial charge on any atom is -0.343 e. The molecule has 9 heteroatoms. The van der Waals surface area contributed by atoms with E-state index in [4.69, 9.17) is 0 Å². The smallest absolute Gasteiger partial charge is 0.343 e. The Balaban J connectivity index is 0.00000261. The van der Waals surface area contributed by atoms with Crippen molar-refractivity contribution in [1.82, 2.24) is 15.5 Å². The van der Waals surface area contributed by atoms with Gasteiger partial charge in [0.25, 0.3) is 5.91 Å². The molecule has 27 heavy (non-hydrogen) atoms. The first-order valence-corrected chi connectivity index (χ1v) is 8.79. The lowest BCUT2D eigenvalue weighted by atomic mass is 9.92. The fourth-order valence-electron chi connectivity index (χ4n) is 3.76. The van der Waals surface area contributed by atoms with Crippen molar-refractivity contribution in [2.24, 2.45) is 11.8 Å². The minimum absolute atomic E-state index is 0. The Morgan fingerprint density at radius 3 is 2.30 bits per heavy atom. The first-order valence-electron chi connectivity index (χ1n) is 8.79. The predicted molar refractivity (Wildman–Crippen MR) is 96.7 cm³/mol. The van der Waals surface area contributed by atoms with Gasteiger partial charge in [-0.05, 0) is 49.9 Å². The number of carbonyl (C=O) groups is 2. The molecule has 2 atom stereocenters. The lowest BCUT2D eigenvalue weighted by Gasteiger charge is -2.21. The van der Waals surface area contributed by atoms with Crippen LogP contribution in [-0.2, 0) is 11.0 Å². The molecule has 5 nitrogen and oxygen atoms in total. The molecule has 2 amide bonds. The maximum absolute atomic E-state index is 13.0. The molecule has 0 aromatic heterocycles. The second kappa shape index (κ2) is 8.93. The molecule has 0 radical (unpaired) electrons. The summed E-state index contributed by atoms with van der Waals surface area (Å²) in [6.07, 6.45) is -2.79. The molecular weight excluding hydrogens is 383 g/mol. The molecule has 0 unspecified atom stereocenters. The van der Waals surface area contributed by atoms with E-state index < -0.39 is 23.2 Å². The van der Waals surface area contributed by atoms with Crippen molar-refractivity contribution in [3.05, 3.63) is 35.4 Å². The van der Waals surface area contributed by atoms with Gasteiger partial charge in [0.05, 0.1) is 17.7 Å². The van der Waals surface area contributed by atoms with Crippen LogP contribution in [0.3, 0.4) is 0 Å². The van der Waals surface area contributed by atoms with E-state index in [2.05, 4.69) is 10.6 Å². The fourth-order valence-corrected chi connectivity index (χ4v) is 3.76. The summed E-state index contributed by atoms with van der Waals surface area (Å²) in [6.45, 7) is 2.89. The van der Waals surface area contributed by atoms with Crippen molar-refractivity contribution in [2.75, 3.05) is 32.7 Å². The molecule has 150 valence electrons. The molecule has 0 aliphatic carbocycles. The summed E-state index contributed by atoms with van der Waals surface area (Å²) in [5.41, 5.74) is -1.47. The van der Waals surface area contributed by atoms with Gasteiger partial charge in [0.2, 0.25) is 5.91 Å². The predicted octanol–water partition coefficient (Wildman–Crippen LogP) is 2.32. The molecular formula is C18H23ClF3N3O2. The van der Waals surface area contributed by atoms with Gasteiger partial charge in [-0.15, -0.1) is 12.4 Å². The molecule has 2 aliphatic heterocycles. The highest BCUT2D eigenvalue weighted by molar-refractivity contribution is 5.97. The summed E-state index contributed by atoms with van der Waals surface area (Å²) in [4.78, 5) is 26.2. The van der Waals surface area contributed by atoms with Crippen molar-refractivity contribution < 1.29 is 22.8 Å². The number of halogens is 4. The lowest BCUT2D eigenvalue weighted by molar-refractivity contribution is -0.137. The monoisotopic (exact) mass is 405 g/mol. The molecule has 2 fully saturated rings. The van der Waals surface area contributed by atoms with Crippen LogP contribution in [0, 0.1) is 11.8 Å². The second-order valence-electron chi connectivity index (χ2n) is 6.86. The van der Waals surface area contributed by atoms with Crippen molar-refractivity contribution in [3.8, 4) is 0 Å². The molecule has 0 bridgehead atoms. The number of alkyl halides is 3. The lowest BCUT2D eigenvalue weighted by Crippen LogP contribution is -2.41. The van der Waals surface area contributed by atoms with E-state index in [1.807, 2.05) is 0 Å². The Morgan fingerprint density at radius 2 is 1.70 bits per heavy atom. The van der Waals surface area contributed by atoms with E-state index in [1.54, 1.807) is 4.90 Å². The van der Waals surface area contributed by atoms with Gasteiger partial charge in [0, 0.05) is 13.1 Å². The number of nitrogens with one attached hydrogen (secondary N) is 2. The Labute approximate surface area is 162 Å². The third-order valence-electron chi connectivity index (χ3n) is 5.25. The van der Waals surface area contributed by atoms with Crippen molar-refractivity contribution in [3.63, 3.8) is 0 Å². The Hall–Kier alpha value is -1.80. The zero-order chi connectivity index (χ0) is 18.7. The summed E-state index contributed by atoms with van der Waals surface area (Å²) in [7, 11) is 0. The average Bonchev–Trinajstić information content (AvgIpc) is 2.97. The first kappa shape index (κ1) is 21.5. The van der Waals surface area contributed by atoms with E-state index in [1.165, 1.54) is 12.1 Å². The number of nitrogens with zero attached hydrogens (tertiary/aromatic N) is 1. The van der Waals surface area contributed by atoms with Crippen LogP contribution in [0.1, 0.15) is 28.8 Å². The van der Waals surface area contributed by atoms with Gasteiger partial charge in [0.15, 0.2) is 0 Å². The highest BCUT2D eigenvalue weighted by Gasteiger charge is 2.35. The molecule has 0 spiro atoms. The maximum atomic E-state index is 13.0. The van der Waals surface area contributed by atoms with Crippen molar-refractivity contribution in [2.45, 2.75) is 19.0 Å². The van der Waals surface area contributed by atoms with Gasteiger partial charge in [-0.25, -0.2) is 0 Å². The Morgan fingerprint density at radius 1 is 1.11 bits per heavy atom. The summed E-state index contributed by atoms with van der Waals surface area (Å²) in [5, 5.41) is 5.70. The number of fused-ring (bicyclic) bond motifs is 1. The van der Waals surface area contributed by atoms with Gasteiger partial charge in [-0.2, -0.15) is 13.2 Å². The van der Waals surface area contributed by atoms with Crippen LogP contribution in [0.2, 0.25) is 0 Å². The normalized spacial score (nSPS) is 22.4. The third-order valence-corrected chi connectivity index (χ3v) is 5.25. The van der Waals surface area contributed by atoms with Gasteiger partial charge in [0.1, 0.15) is 0 Å². The highest BCUT2D eigenvalue weighted by atomic mass is 35.5. The summed E-state index contributed by atoms with van der Waals surface area (Å²) < 4.78 is 39.0. The standard InChI is InChI=1S/C18H22F3N3O2.ClH/c19-18(20,21)15-4-2-1-3-14(15)17(26)23-11-16(25)24-7-5-12-9-22-10-13(12)6-8-24;/h1-4,12-13,22H,5-11H2,(H,23,26);1H/t12-,13+;. The van der Waals surface area contributed by atoms with Crippen LogP contribution < -0.4 is 10.6 Å². The first-order chi connectivity index (χ1) is 12.4. The molecule has 3 rings (SSSR count). The zero-order valence-electron chi connectivity index (χ0n) is 14.7. The van der Waals surface area contributed by atoms with Gasteiger partial charge >= 0.3 is 6.18 Å². The number of carbonyl (C=O) groups excluding carboxylic acids is 2. The average molecular weight is 406 g/mol.